The molecule has 0 heterocycles. The van der Waals surface area contributed by atoms with Crippen molar-refractivity contribution in [2.45, 2.75) is 31.8 Å². The Morgan fingerprint density at radius 1 is 1.64 bits per heavy atom. The van der Waals surface area contributed by atoms with E-state index >= 15 is 0 Å². The van der Waals surface area contributed by atoms with Crippen LogP contribution in [-0.4, -0.2) is 35.5 Å². The molecule has 1 unspecified atom stereocenters. The minimum atomic E-state index is -0.798. The molecule has 4 nitrogen and oxygen atoms in total. The van der Waals surface area contributed by atoms with Crippen molar-refractivity contribution < 1.29 is 19.7 Å². The van der Waals surface area contributed by atoms with Gasteiger partial charge in [0.25, 0.3) is 0 Å². The van der Waals surface area contributed by atoms with Gasteiger partial charge in [0, 0.05) is 13.7 Å². The van der Waals surface area contributed by atoms with Crippen LogP contribution in [0, 0.1) is 11.8 Å². The van der Waals surface area contributed by atoms with Gasteiger partial charge in [-0.1, -0.05) is 6.92 Å². The second kappa shape index (κ2) is 4.28. The average Bonchev–Trinajstić information content (AvgIpc) is 2.08. The van der Waals surface area contributed by atoms with Gasteiger partial charge in [-0.2, -0.15) is 0 Å². The van der Waals surface area contributed by atoms with Crippen LogP contribution in [0.25, 0.3) is 0 Å². The summed E-state index contributed by atoms with van der Waals surface area (Å²) in [6, 6.07) is 0. The number of hydrogen-bond donors (Lipinski definition) is 2. The van der Waals surface area contributed by atoms with Gasteiger partial charge in [0.2, 0.25) is 0 Å². The van der Waals surface area contributed by atoms with Crippen molar-refractivity contribution in [3.8, 4) is 0 Å². The zero-order valence-electron chi connectivity index (χ0n) is 8.69. The Labute approximate surface area is 83.9 Å². The first-order valence-corrected chi connectivity index (χ1v) is 4.93. The molecule has 2 N–H and O–H groups in total. The zero-order chi connectivity index (χ0) is 10.8. The van der Waals surface area contributed by atoms with Crippen LogP contribution in [0.2, 0.25) is 0 Å². The first-order chi connectivity index (χ1) is 6.49. The number of carbonyl (C=O) groups is 1. The van der Waals surface area contributed by atoms with Crippen molar-refractivity contribution in [1.29, 1.82) is 0 Å². The van der Waals surface area contributed by atoms with Gasteiger partial charge in [-0.3, -0.25) is 4.79 Å². The molecule has 1 rings (SSSR count). The minimum absolute atomic E-state index is 0.109. The Kier molecular flexibility index (Phi) is 3.50. The highest BCUT2D eigenvalue weighted by atomic mass is 16.5. The maximum Gasteiger partial charge on any atom is 0.306 e. The van der Waals surface area contributed by atoms with E-state index in [0.717, 1.165) is 6.42 Å². The lowest BCUT2D eigenvalue weighted by Crippen LogP contribution is -2.51. The molecule has 1 atom stereocenters. The summed E-state index contributed by atoms with van der Waals surface area (Å²) in [5.74, 6) is -1.04. The molecule has 4 heteroatoms. The van der Waals surface area contributed by atoms with Crippen LogP contribution < -0.4 is 0 Å². The second-order valence-electron chi connectivity index (χ2n) is 4.23. The third-order valence-electron chi connectivity index (χ3n) is 3.22. The Morgan fingerprint density at radius 3 is 2.64 bits per heavy atom. The quantitative estimate of drug-likeness (QED) is 0.694. The molecule has 1 aliphatic rings. The largest absolute Gasteiger partial charge is 0.481 e. The molecule has 0 bridgehead atoms. The van der Waals surface area contributed by atoms with Gasteiger partial charge in [-0.15, -0.1) is 0 Å². The third kappa shape index (κ3) is 2.25. The first-order valence-electron chi connectivity index (χ1n) is 4.93. The van der Waals surface area contributed by atoms with Gasteiger partial charge in [0.15, 0.2) is 0 Å². The maximum atomic E-state index is 10.6. The van der Waals surface area contributed by atoms with E-state index in [1.165, 1.54) is 0 Å². The molecular formula is C10H18O4. The van der Waals surface area contributed by atoms with Crippen LogP contribution in [0.15, 0.2) is 0 Å². The number of aliphatic carboxylic acids is 1. The summed E-state index contributed by atoms with van der Waals surface area (Å²) in [6.45, 7) is 2.55. The molecule has 0 amide bonds. The molecule has 1 aliphatic carbocycles. The van der Waals surface area contributed by atoms with E-state index in [0.29, 0.717) is 19.4 Å². The number of carboxylic acids is 1. The van der Waals surface area contributed by atoms with Crippen molar-refractivity contribution in [3.63, 3.8) is 0 Å². The normalized spacial score (nSPS) is 33.5. The van der Waals surface area contributed by atoms with Crippen molar-refractivity contribution in [2.24, 2.45) is 11.8 Å². The van der Waals surface area contributed by atoms with Crippen LogP contribution in [0.1, 0.15) is 26.2 Å². The molecule has 1 fully saturated rings. The van der Waals surface area contributed by atoms with E-state index in [9.17, 15) is 9.90 Å². The summed E-state index contributed by atoms with van der Waals surface area (Å²) in [7, 11) is 1.62. The summed E-state index contributed by atoms with van der Waals surface area (Å²) in [4.78, 5) is 10.6. The predicted octanol–water partition coefficient (Wildman–Crippen LogP) is 0.885. The summed E-state index contributed by atoms with van der Waals surface area (Å²) >= 11 is 0. The summed E-state index contributed by atoms with van der Waals surface area (Å²) in [5.41, 5.74) is -0.776. The van der Waals surface area contributed by atoms with Gasteiger partial charge < -0.3 is 14.9 Å². The summed E-state index contributed by atoms with van der Waals surface area (Å²) in [6.07, 6.45) is 1.54. The third-order valence-corrected chi connectivity index (χ3v) is 3.22. The van der Waals surface area contributed by atoms with Crippen LogP contribution in [0.3, 0.4) is 0 Å². The highest BCUT2D eigenvalue weighted by Crippen LogP contribution is 2.44. The molecule has 1 saturated carbocycles. The van der Waals surface area contributed by atoms with Crippen LogP contribution >= 0.6 is 0 Å². The van der Waals surface area contributed by atoms with Gasteiger partial charge in [-0.25, -0.2) is 0 Å². The molecular weight excluding hydrogens is 184 g/mol. The highest BCUT2D eigenvalue weighted by Gasteiger charge is 2.49. The standard InChI is InChI=1S/C10H18O4/c1-7(3-4-14-2)10(13)5-8(6-10)9(11)12/h7-8,13H,3-6H2,1-2H3,(H,11,12). The van der Waals surface area contributed by atoms with Crippen molar-refractivity contribution >= 4 is 5.97 Å². The fourth-order valence-corrected chi connectivity index (χ4v) is 1.93. The van der Waals surface area contributed by atoms with E-state index < -0.39 is 11.6 Å². The molecule has 0 aromatic rings. The fraction of sp³-hybridized carbons (Fsp3) is 0.900. The zero-order valence-corrected chi connectivity index (χ0v) is 8.69. The van der Waals surface area contributed by atoms with Gasteiger partial charge >= 0.3 is 5.97 Å². The molecule has 82 valence electrons. The number of methoxy groups -OCH3 is 1. The Hall–Kier alpha value is -0.610. The van der Waals surface area contributed by atoms with Gasteiger partial charge in [0.1, 0.15) is 0 Å². The van der Waals surface area contributed by atoms with E-state index in [1.807, 2.05) is 6.92 Å². The smallest absolute Gasteiger partial charge is 0.306 e. The molecule has 14 heavy (non-hydrogen) atoms. The van der Waals surface area contributed by atoms with E-state index in [2.05, 4.69) is 0 Å². The van der Waals surface area contributed by atoms with Crippen molar-refractivity contribution in [3.05, 3.63) is 0 Å². The molecule has 0 radical (unpaired) electrons. The molecule has 0 aromatic carbocycles. The summed E-state index contributed by atoms with van der Waals surface area (Å²) in [5, 5.41) is 18.7. The van der Waals surface area contributed by atoms with Crippen molar-refractivity contribution in [2.75, 3.05) is 13.7 Å². The van der Waals surface area contributed by atoms with Crippen LogP contribution in [0.4, 0.5) is 0 Å². The molecule has 0 aromatic heterocycles. The number of carboxylic acid groups (broad SMARTS) is 1. The second-order valence-corrected chi connectivity index (χ2v) is 4.23. The average molecular weight is 202 g/mol. The Bertz CT molecular complexity index is 208. The first kappa shape index (κ1) is 11.5. The highest BCUT2D eigenvalue weighted by molar-refractivity contribution is 5.71. The lowest BCUT2D eigenvalue weighted by Gasteiger charge is -2.45. The van der Waals surface area contributed by atoms with E-state index in [4.69, 9.17) is 9.84 Å². The molecule has 0 saturated heterocycles. The van der Waals surface area contributed by atoms with Gasteiger partial charge in [0.05, 0.1) is 11.5 Å². The lowest BCUT2D eigenvalue weighted by molar-refractivity contribution is -0.166. The summed E-state index contributed by atoms with van der Waals surface area (Å²) < 4.78 is 4.92. The molecule has 0 spiro atoms. The number of aliphatic hydroxyl groups is 1. The lowest BCUT2D eigenvalue weighted by atomic mass is 9.64. The minimum Gasteiger partial charge on any atom is -0.481 e. The number of rotatable bonds is 5. The van der Waals surface area contributed by atoms with E-state index in [1.54, 1.807) is 7.11 Å². The predicted molar refractivity (Wildman–Crippen MR) is 51.0 cm³/mol. The van der Waals surface area contributed by atoms with Gasteiger partial charge in [-0.05, 0) is 25.2 Å². The van der Waals surface area contributed by atoms with E-state index in [-0.39, 0.29) is 11.8 Å². The maximum absolute atomic E-state index is 10.6. The fourth-order valence-electron chi connectivity index (χ4n) is 1.93. The topological polar surface area (TPSA) is 66.8 Å². The SMILES string of the molecule is COCCC(C)C1(O)CC(C(=O)O)C1. The monoisotopic (exact) mass is 202 g/mol. The van der Waals surface area contributed by atoms with Crippen LogP contribution in [-0.2, 0) is 9.53 Å². The number of hydrogen-bond acceptors (Lipinski definition) is 3. The van der Waals surface area contributed by atoms with Crippen LogP contribution in [0.5, 0.6) is 0 Å². The Morgan fingerprint density at radius 2 is 2.21 bits per heavy atom. The number of ether oxygens (including phenoxy) is 1. The molecule has 0 aliphatic heterocycles. The Balaban J connectivity index is 2.35. The van der Waals surface area contributed by atoms with Crippen molar-refractivity contribution in [1.82, 2.24) is 0 Å².